The fraction of sp³-hybridized carbons (Fsp3) is 0.944. The van der Waals surface area contributed by atoms with E-state index in [0.717, 1.165) is 0 Å². The molecule has 0 radical (unpaired) electrons. The predicted molar refractivity (Wildman–Crippen MR) is 112 cm³/mol. The second-order valence-electron chi connectivity index (χ2n) is 7.69. The van der Waals surface area contributed by atoms with Crippen LogP contribution in [0.5, 0.6) is 0 Å². The maximum Gasteiger partial charge on any atom is 2.00 e. The van der Waals surface area contributed by atoms with E-state index in [4.69, 9.17) is 10.2 Å². The van der Waals surface area contributed by atoms with Crippen molar-refractivity contribution in [1.29, 1.82) is 0 Å². The molecule has 0 bridgehead atoms. The Bertz CT molecular complexity index is 539. The summed E-state index contributed by atoms with van der Waals surface area (Å²) in [6.45, 7) is 0.00692. The van der Waals surface area contributed by atoms with Crippen LogP contribution in [0.2, 0.25) is 0 Å². The Morgan fingerprint density at radius 2 is 0.879 bits per heavy atom. The van der Waals surface area contributed by atoms with Gasteiger partial charge >= 0.3 is 43.7 Å². The molecule has 0 saturated carbocycles. The van der Waals surface area contributed by atoms with Crippen LogP contribution in [-0.2, 0) is 4.79 Å². The largest absolute Gasteiger partial charge is 2.00 e. The van der Waals surface area contributed by atoms with Gasteiger partial charge in [0.25, 0.3) is 0 Å². The number of carbonyl (C=O) groups is 1. The summed E-state index contributed by atoms with van der Waals surface area (Å²) in [6.07, 6.45) is -23.3. The van der Waals surface area contributed by atoms with Crippen LogP contribution < -0.4 is 0 Å². The molecule has 0 saturated heterocycles. The van der Waals surface area contributed by atoms with Gasteiger partial charge in [0, 0.05) is 6.61 Å². The van der Waals surface area contributed by atoms with Crippen LogP contribution in [0.1, 0.15) is 35.0 Å². The topological polar surface area (TPSA) is 280 Å². The third kappa shape index (κ3) is 11.2. The van der Waals surface area contributed by atoms with Gasteiger partial charge in [0.05, 0.1) is 6.10 Å². The summed E-state index contributed by atoms with van der Waals surface area (Å²) >= 11 is 0. The van der Waals surface area contributed by atoms with Gasteiger partial charge in [0.15, 0.2) is 6.10 Å². The summed E-state index contributed by atoms with van der Waals surface area (Å²) in [7, 11) is 0. The first-order valence-corrected chi connectivity index (χ1v) is 10.1. The molecule has 0 aromatic carbocycles. The van der Waals surface area contributed by atoms with E-state index >= 15 is 0 Å². The van der Waals surface area contributed by atoms with Crippen molar-refractivity contribution in [3.05, 3.63) is 0 Å². The Hall–Kier alpha value is 0.250. The Balaban J connectivity index is -0.00000160. The molecule has 15 heteroatoms. The second kappa shape index (κ2) is 17.6. The molecule has 196 valence electrons. The van der Waals surface area contributed by atoms with E-state index < -0.39 is 73.1 Å². The minimum atomic E-state index is -2.55. The van der Waals surface area contributed by atoms with Crippen LogP contribution in [0.15, 0.2) is 0 Å². The Labute approximate surface area is 223 Å². The van der Waals surface area contributed by atoms with Crippen molar-refractivity contribution in [3.8, 4) is 0 Å². The van der Waals surface area contributed by atoms with Crippen molar-refractivity contribution in [2.75, 3.05) is 6.61 Å². The zero-order chi connectivity index (χ0) is 25.2. The van der Waals surface area contributed by atoms with E-state index in [0.29, 0.717) is 25.7 Å². The van der Waals surface area contributed by atoms with Crippen LogP contribution in [-0.4, -0.2) is 184 Å². The minimum absolute atomic E-state index is 0. The summed E-state index contributed by atoms with van der Waals surface area (Å²) in [5.41, 5.74) is 0. The van der Waals surface area contributed by atoms with Gasteiger partial charge in [-0.1, -0.05) is 19.3 Å². The molecule has 0 aliphatic rings. The number of aliphatic carboxylic acids is 1. The van der Waals surface area contributed by atoms with Gasteiger partial charge in [-0.3, -0.25) is 0 Å². The molecule has 14 nitrogen and oxygen atoms in total. The SMILES string of the molecule is O=C(O)C(O)C(O)C(O)C(O)C(O)C(O)C(O)C(O)C(O)C(O)C(O)CCCCCCO.[Ca+2].[H-].[H-]. The molecular formula is C18H38CaO14. The summed E-state index contributed by atoms with van der Waals surface area (Å²) in [5.74, 6) is -1.96. The number of hydrogen-bond donors (Lipinski definition) is 13. The van der Waals surface area contributed by atoms with Gasteiger partial charge in [-0.2, -0.15) is 0 Å². The molecule has 0 aliphatic carbocycles. The molecule has 0 aliphatic heterocycles. The molecule has 33 heavy (non-hydrogen) atoms. The third-order valence-electron chi connectivity index (χ3n) is 5.18. The quantitative estimate of drug-likeness (QED) is 0.0630. The van der Waals surface area contributed by atoms with E-state index in [1.165, 1.54) is 0 Å². The van der Waals surface area contributed by atoms with Crippen molar-refractivity contribution in [3.63, 3.8) is 0 Å². The van der Waals surface area contributed by atoms with Crippen LogP contribution in [0, 0.1) is 0 Å². The van der Waals surface area contributed by atoms with E-state index in [2.05, 4.69) is 0 Å². The van der Waals surface area contributed by atoms with Crippen molar-refractivity contribution in [1.82, 2.24) is 0 Å². The first-order valence-electron chi connectivity index (χ1n) is 10.1. The van der Waals surface area contributed by atoms with Gasteiger partial charge < -0.3 is 69.2 Å². The molecule has 0 aromatic rings. The number of hydrogen-bond acceptors (Lipinski definition) is 13. The zero-order valence-corrected chi connectivity index (χ0v) is 20.2. The normalized spacial score (nSPS) is 21.9. The van der Waals surface area contributed by atoms with Crippen LogP contribution in [0.3, 0.4) is 0 Å². The van der Waals surface area contributed by atoms with Gasteiger partial charge in [-0.25, -0.2) is 4.79 Å². The van der Waals surface area contributed by atoms with Crippen LogP contribution >= 0.6 is 0 Å². The molecule has 0 spiro atoms. The van der Waals surface area contributed by atoms with Gasteiger partial charge in [-0.05, 0) is 12.8 Å². The van der Waals surface area contributed by atoms with Crippen LogP contribution in [0.4, 0.5) is 0 Å². The van der Waals surface area contributed by atoms with Gasteiger partial charge in [0.2, 0.25) is 0 Å². The Morgan fingerprint density at radius 3 is 1.24 bits per heavy atom. The maximum absolute atomic E-state index is 10.6. The molecule has 0 heterocycles. The van der Waals surface area contributed by atoms with Crippen molar-refractivity contribution in [2.24, 2.45) is 0 Å². The Morgan fingerprint density at radius 1 is 0.545 bits per heavy atom. The molecular weight excluding hydrogens is 480 g/mol. The van der Waals surface area contributed by atoms with E-state index in [1.54, 1.807) is 0 Å². The molecule has 0 aromatic heterocycles. The average molecular weight is 519 g/mol. The van der Waals surface area contributed by atoms with Crippen molar-refractivity contribution >= 4 is 43.7 Å². The zero-order valence-electron chi connectivity index (χ0n) is 20.0. The summed E-state index contributed by atoms with van der Waals surface area (Å²) in [4.78, 5) is 10.6. The maximum atomic E-state index is 10.6. The first kappa shape index (κ1) is 35.4. The smallest absolute Gasteiger partial charge is 1.00 e. The van der Waals surface area contributed by atoms with Gasteiger partial charge in [0.1, 0.15) is 54.9 Å². The standard InChI is InChI=1S/C18H36O14.Ca.2H/c19-6-4-2-1-3-5-7(20)8(21)9(22)10(23)11(24)12(25)13(26)14(27)15(28)16(29)17(30)18(31)32;;;/h7-17,19-30H,1-6H2,(H,31,32);;;/q;+2;2*-1. The van der Waals surface area contributed by atoms with Crippen molar-refractivity contribution < 1.29 is 74.0 Å². The number of carboxylic acids is 1. The molecule has 0 amide bonds. The fourth-order valence-electron chi connectivity index (χ4n) is 2.96. The fourth-order valence-corrected chi connectivity index (χ4v) is 2.96. The second-order valence-corrected chi connectivity index (χ2v) is 7.69. The molecule has 11 unspecified atom stereocenters. The minimum Gasteiger partial charge on any atom is -1.00 e. The predicted octanol–water partition coefficient (Wildman–Crippen LogP) is -6.17. The van der Waals surface area contributed by atoms with Crippen LogP contribution in [0.25, 0.3) is 0 Å². The number of rotatable bonds is 17. The molecule has 0 rings (SSSR count). The number of aliphatic hydroxyl groups excluding tert-OH is 12. The number of unbranched alkanes of at least 4 members (excludes halogenated alkanes) is 3. The third-order valence-corrected chi connectivity index (χ3v) is 5.18. The van der Waals surface area contributed by atoms with E-state index in [-0.39, 0.29) is 53.6 Å². The summed E-state index contributed by atoms with van der Waals surface area (Å²) in [5, 5.41) is 125. The molecule has 11 atom stereocenters. The number of carboxylic acid groups (broad SMARTS) is 1. The van der Waals surface area contributed by atoms with E-state index in [9.17, 15) is 61.0 Å². The van der Waals surface area contributed by atoms with E-state index in [1.807, 2.05) is 0 Å². The molecule has 13 N–H and O–H groups in total. The first-order chi connectivity index (χ1) is 14.8. The van der Waals surface area contributed by atoms with Gasteiger partial charge in [-0.15, -0.1) is 0 Å². The summed E-state index contributed by atoms with van der Waals surface area (Å²) in [6, 6.07) is 0. The monoisotopic (exact) mass is 518 g/mol. The number of aliphatic hydroxyl groups is 12. The average Bonchev–Trinajstić information content (AvgIpc) is 2.78. The summed E-state index contributed by atoms with van der Waals surface area (Å²) < 4.78 is 0. The molecule has 0 fully saturated rings. The van der Waals surface area contributed by atoms with Crippen molar-refractivity contribution in [2.45, 2.75) is 99.2 Å². The Kier molecular flexibility index (Phi) is 18.9.